The highest BCUT2D eigenvalue weighted by Gasteiger charge is 2.26. The number of halogens is 2. The average Bonchev–Trinajstić information content (AvgIpc) is 2.75. The first-order chi connectivity index (χ1) is 15.5. The Morgan fingerprint density at radius 1 is 1.12 bits per heavy atom. The quantitative estimate of drug-likeness (QED) is 0.339. The number of hydrogen-bond donors (Lipinski definition) is 1. The second-order valence-electron chi connectivity index (χ2n) is 9.16. The van der Waals surface area contributed by atoms with Crippen molar-refractivity contribution in [1.29, 1.82) is 0 Å². The SMILES string of the molecule is CCCCNC(=O)[C@H](C)N(Cc1cccc(Br)c1)C(=O)COc1ccc(C(C)(C)C)cc1Br. The van der Waals surface area contributed by atoms with Gasteiger partial charge in [0.25, 0.3) is 5.91 Å². The van der Waals surface area contributed by atoms with Crippen molar-refractivity contribution in [1.82, 2.24) is 10.2 Å². The second kappa shape index (κ2) is 12.6. The lowest BCUT2D eigenvalue weighted by Gasteiger charge is -2.29. The molecule has 2 amide bonds. The molecule has 0 bridgehead atoms. The third-order valence-corrected chi connectivity index (χ3v) is 6.50. The van der Waals surface area contributed by atoms with Crippen LogP contribution in [-0.2, 0) is 21.5 Å². The fourth-order valence-corrected chi connectivity index (χ4v) is 4.20. The predicted octanol–water partition coefficient (Wildman–Crippen LogP) is 6.22. The van der Waals surface area contributed by atoms with E-state index in [0.29, 0.717) is 18.8 Å². The van der Waals surface area contributed by atoms with Crippen LogP contribution in [-0.4, -0.2) is 35.9 Å². The van der Waals surface area contributed by atoms with Crippen molar-refractivity contribution in [3.05, 3.63) is 62.5 Å². The zero-order valence-electron chi connectivity index (χ0n) is 20.1. The molecule has 0 unspecified atom stereocenters. The van der Waals surface area contributed by atoms with E-state index in [4.69, 9.17) is 4.74 Å². The first kappa shape index (κ1) is 27.4. The summed E-state index contributed by atoms with van der Waals surface area (Å²) in [5.41, 5.74) is 2.11. The summed E-state index contributed by atoms with van der Waals surface area (Å²) < 4.78 is 7.58. The van der Waals surface area contributed by atoms with Crippen molar-refractivity contribution in [2.24, 2.45) is 0 Å². The normalized spacial score (nSPS) is 12.2. The van der Waals surface area contributed by atoms with Crippen LogP contribution in [0.4, 0.5) is 0 Å². The van der Waals surface area contributed by atoms with Gasteiger partial charge in [0, 0.05) is 17.6 Å². The van der Waals surface area contributed by atoms with Crippen molar-refractivity contribution >= 4 is 43.7 Å². The summed E-state index contributed by atoms with van der Waals surface area (Å²) >= 11 is 7.03. The molecule has 0 aliphatic rings. The number of ether oxygens (including phenoxy) is 1. The van der Waals surface area contributed by atoms with E-state index in [0.717, 1.165) is 27.4 Å². The summed E-state index contributed by atoms with van der Waals surface area (Å²) in [7, 11) is 0. The highest BCUT2D eigenvalue weighted by Crippen LogP contribution is 2.31. The first-order valence-electron chi connectivity index (χ1n) is 11.3. The molecule has 0 saturated carbocycles. The summed E-state index contributed by atoms with van der Waals surface area (Å²) in [6.45, 7) is 11.0. The lowest BCUT2D eigenvalue weighted by atomic mass is 9.87. The molecule has 0 aromatic heterocycles. The van der Waals surface area contributed by atoms with Gasteiger partial charge in [0.15, 0.2) is 6.61 Å². The molecule has 1 atom stereocenters. The number of amides is 2. The number of benzene rings is 2. The van der Waals surface area contributed by atoms with Crippen molar-refractivity contribution in [3.63, 3.8) is 0 Å². The second-order valence-corrected chi connectivity index (χ2v) is 10.9. The smallest absolute Gasteiger partial charge is 0.261 e. The molecule has 0 saturated heterocycles. The molecule has 0 heterocycles. The molecule has 2 rings (SSSR count). The van der Waals surface area contributed by atoms with E-state index in [1.807, 2.05) is 42.5 Å². The van der Waals surface area contributed by atoms with Crippen LogP contribution in [0.1, 0.15) is 58.6 Å². The van der Waals surface area contributed by atoms with Gasteiger partial charge in [-0.15, -0.1) is 0 Å². The van der Waals surface area contributed by atoms with Gasteiger partial charge < -0.3 is 15.0 Å². The van der Waals surface area contributed by atoms with E-state index in [-0.39, 0.29) is 23.8 Å². The Balaban J connectivity index is 2.16. The summed E-state index contributed by atoms with van der Waals surface area (Å²) in [6, 6.07) is 13.0. The zero-order valence-corrected chi connectivity index (χ0v) is 23.3. The van der Waals surface area contributed by atoms with Crippen LogP contribution in [0.15, 0.2) is 51.4 Å². The summed E-state index contributed by atoms with van der Waals surface area (Å²) in [4.78, 5) is 27.5. The first-order valence-corrected chi connectivity index (χ1v) is 12.9. The van der Waals surface area contributed by atoms with Crippen LogP contribution in [0.3, 0.4) is 0 Å². The Bertz CT molecular complexity index is 957. The Labute approximate surface area is 214 Å². The van der Waals surface area contributed by atoms with E-state index < -0.39 is 6.04 Å². The maximum atomic E-state index is 13.2. The van der Waals surface area contributed by atoms with E-state index >= 15 is 0 Å². The molecule has 33 heavy (non-hydrogen) atoms. The van der Waals surface area contributed by atoms with Gasteiger partial charge in [0.2, 0.25) is 5.91 Å². The number of carbonyl (C=O) groups is 2. The van der Waals surface area contributed by atoms with Gasteiger partial charge in [-0.05, 0) is 70.1 Å². The van der Waals surface area contributed by atoms with E-state index in [9.17, 15) is 9.59 Å². The third kappa shape index (κ3) is 8.45. The molecular formula is C26H34Br2N2O3. The van der Waals surface area contributed by atoms with Gasteiger partial charge in [0.05, 0.1) is 4.47 Å². The maximum Gasteiger partial charge on any atom is 0.261 e. The van der Waals surface area contributed by atoms with Gasteiger partial charge in [-0.25, -0.2) is 0 Å². The van der Waals surface area contributed by atoms with E-state index in [1.165, 1.54) is 5.56 Å². The summed E-state index contributed by atoms with van der Waals surface area (Å²) in [5.74, 6) is 0.182. The third-order valence-electron chi connectivity index (χ3n) is 5.39. The fourth-order valence-electron chi connectivity index (χ4n) is 3.26. The molecular weight excluding hydrogens is 548 g/mol. The Morgan fingerprint density at radius 2 is 1.85 bits per heavy atom. The lowest BCUT2D eigenvalue weighted by molar-refractivity contribution is -0.142. The summed E-state index contributed by atoms with van der Waals surface area (Å²) in [6.07, 6.45) is 1.89. The fraction of sp³-hybridized carbons (Fsp3) is 0.462. The standard InChI is InChI=1S/C26H34Br2N2O3/c1-6-7-13-29-25(32)18(2)30(16-19-9-8-10-21(27)14-19)24(31)17-33-23-12-11-20(15-22(23)28)26(3,4)5/h8-12,14-15,18H,6-7,13,16-17H2,1-5H3,(H,29,32)/t18-/m0/s1. The number of unbranched alkanes of at least 4 members (excludes halogenated alkanes) is 1. The van der Waals surface area contributed by atoms with Crippen molar-refractivity contribution in [2.75, 3.05) is 13.2 Å². The molecule has 2 aromatic carbocycles. The Hall–Kier alpha value is -1.86. The minimum atomic E-state index is -0.622. The van der Waals surface area contributed by atoms with E-state index in [2.05, 4.69) is 64.9 Å². The summed E-state index contributed by atoms with van der Waals surface area (Å²) in [5, 5.41) is 2.93. The molecule has 7 heteroatoms. The Morgan fingerprint density at radius 3 is 2.45 bits per heavy atom. The predicted molar refractivity (Wildman–Crippen MR) is 140 cm³/mol. The molecule has 2 aromatic rings. The van der Waals surface area contributed by atoms with Gasteiger partial charge >= 0.3 is 0 Å². The van der Waals surface area contributed by atoms with Crippen molar-refractivity contribution < 1.29 is 14.3 Å². The van der Waals surface area contributed by atoms with Crippen molar-refractivity contribution in [3.8, 4) is 5.75 Å². The number of nitrogens with zero attached hydrogens (tertiary/aromatic N) is 1. The molecule has 1 N–H and O–H groups in total. The van der Waals surface area contributed by atoms with Gasteiger partial charge in [-0.1, -0.05) is 68.2 Å². The van der Waals surface area contributed by atoms with Crippen LogP contribution in [0.5, 0.6) is 5.75 Å². The molecule has 0 aliphatic heterocycles. The minimum Gasteiger partial charge on any atom is -0.483 e. The number of carbonyl (C=O) groups excluding carboxylic acids is 2. The number of rotatable bonds is 10. The number of nitrogens with one attached hydrogen (secondary N) is 1. The van der Waals surface area contributed by atoms with Crippen molar-refractivity contribution in [2.45, 2.75) is 65.5 Å². The van der Waals surface area contributed by atoms with Gasteiger partial charge in [0.1, 0.15) is 11.8 Å². The average molecular weight is 582 g/mol. The zero-order chi connectivity index (χ0) is 24.6. The van der Waals surface area contributed by atoms with Crippen LogP contribution in [0.2, 0.25) is 0 Å². The molecule has 5 nitrogen and oxygen atoms in total. The molecule has 180 valence electrons. The topological polar surface area (TPSA) is 58.6 Å². The van der Waals surface area contributed by atoms with Crippen LogP contribution < -0.4 is 10.1 Å². The van der Waals surface area contributed by atoms with Gasteiger partial charge in [-0.2, -0.15) is 0 Å². The molecule has 0 radical (unpaired) electrons. The van der Waals surface area contributed by atoms with E-state index in [1.54, 1.807) is 11.8 Å². The highest BCUT2D eigenvalue weighted by molar-refractivity contribution is 9.10. The monoisotopic (exact) mass is 580 g/mol. The minimum absolute atomic E-state index is 0.0121. The molecule has 0 spiro atoms. The van der Waals surface area contributed by atoms with Gasteiger partial charge in [-0.3, -0.25) is 9.59 Å². The maximum absolute atomic E-state index is 13.2. The highest BCUT2D eigenvalue weighted by atomic mass is 79.9. The molecule has 0 aliphatic carbocycles. The van der Waals surface area contributed by atoms with Crippen LogP contribution >= 0.6 is 31.9 Å². The number of hydrogen-bond acceptors (Lipinski definition) is 3. The molecule has 0 fully saturated rings. The Kier molecular flexibility index (Phi) is 10.4. The largest absolute Gasteiger partial charge is 0.483 e. The lowest BCUT2D eigenvalue weighted by Crippen LogP contribution is -2.49. The van der Waals surface area contributed by atoms with Crippen LogP contribution in [0.25, 0.3) is 0 Å². The van der Waals surface area contributed by atoms with Crippen LogP contribution in [0, 0.1) is 0 Å².